The molecule has 0 bridgehead atoms. The number of carbonyl (C=O) groups excluding carboxylic acids is 2. The highest BCUT2D eigenvalue weighted by molar-refractivity contribution is 7.92. The van der Waals surface area contributed by atoms with Crippen LogP contribution in [-0.4, -0.2) is 73.2 Å². The fraction of sp³-hybridized carbons (Fsp3) is 0.333. The molecule has 0 spiro atoms. The summed E-state index contributed by atoms with van der Waals surface area (Å²) in [6.45, 7) is 0.843. The molecule has 3 aromatic carbocycles. The number of nitrogens with zero attached hydrogens (tertiary/aromatic N) is 2. The number of hydrogen-bond acceptors (Lipinski definition) is 8. The van der Waals surface area contributed by atoms with Gasteiger partial charge in [-0.3, -0.25) is 13.9 Å². The first-order valence-electron chi connectivity index (χ1n) is 13.4. The summed E-state index contributed by atoms with van der Waals surface area (Å²) in [4.78, 5) is 28.3. The minimum atomic E-state index is -4.48. The number of benzene rings is 3. The third-order valence-electron chi connectivity index (χ3n) is 6.90. The highest BCUT2D eigenvalue weighted by Gasteiger charge is 2.35. The molecule has 0 heterocycles. The number of amides is 2. The summed E-state index contributed by atoms with van der Waals surface area (Å²) in [7, 11) is 2.57. The lowest BCUT2D eigenvalue weighted by Gasteiger charge is -2.33. The van der Waals surface area contributed by atoms with E-state index >= 15 is 0 Å². The molecule has 0 radical (unpaired) electrons. The van der Waals surface area contributed by atoms with Gasteiger partial charge in [0.2, 0.25) is 11.8 Å². The van der Waals surface area contributed by atoms with Crippen molar-refractivity contribution in [3.05, 3.63) is 70.2 Å². The van der Waals surface area contributed by atoms with E-state index in [-0.39, 0.29) is 45.1 Å². The first kappa shape index (κ1) is 34.6. The number of halogens is 2. The SMILES string of the molecule is CC[C@@H](C(=O)NC)N(Cc1c(Cl)cccc1Cl)C(=O)CN(c1cc(OC)ccc1OC)S(=O)(=O)c1ccc(OC)c(OC)c1. The molecule has 1 N–H and O–H groups in total. The normalized spacial score (nSPS) is 11.7. The Morgan fingerprint density at radius 2 is 1.48 bits per heavy atom. The van der Waals surface area contributed by atoms with Crippen LogP contribution >= 0.6 is 23.2 Å². The van der Waals surface area contributed by atoms with Gasteiger partial charge in [0, 0.05) is 41.3 Å². The van der Waals surface area contributed by atoms with Gasteiger partial charge in [-0.15, -0.1) is 0 Å². The van der Waals surface area contributed by atoms with E-state index in [0.29, 0.717) is 17.1 Å². The Morgan fingerprint density at radius 3 is 2.02 bits per heavy atom. The zero-order chi connectivity index (χ0) is 32.6. The van der Waals surface area contributed by atoms with Crippen LogP contribution in [0, 0.1) is 0 Å². The molecule has 0 aliphatic heterocycles. The largest absolute Gasteiger partial charge is 0.497 e. The third-order valence-corrected chi connectivity index (χ3v) is 9.36. The number of methoxy groups -OCH3 is 4. The van der Waals surface area contributed by atoms with Gasteiger partial charge in [0.05, 0.1) is 39.0 Å². The molecule has 238 valence electrons. The van der Waals surface area contributed by atoms with Crippen molar-refractivity contribution in [3.63, 3.8) is 0 Å². The van der Waals surface area contributed by atoms with Gasteiger partial charge in [-0.2, -0.15) is 0 Å². The predicted octanol–water partition coefficient (Wildman–Crippen LogP) is 4.78. The van der Waals surface area contributed by atoms with Crippen LogP contribution in [0.2, 0.25) is 10.0 Å². The van der Waals surface area contributed by atoms with Crippen LogP contribution in [-0.2, 0) is 26.2 Å². The van der Waals surface area contributed by atoms with Crippen LogP contribution in [0.1, 0.15) is 18.9 Å². The van der Waals surface area contributed by atoms with Gasteiger partial charge < -0.3 is 29.2 Å². The van der Waals surface area contributed by atoms with Crippen LogP contribution in [0.3, 0.4) is 0 Å². The van der Waals surface area contributed by atoms with Crippen molar-refractivity contribution in [1.82, 2.24) is 10.2 Å². The van der Waals surface area contributed by atoms with E-state index in [1.54, 1.807) is 31.2 Å². The number of hydrogen-bond donors (Lipinski definition) is 1. The van der Waals surface area contributed by atoms with E-state index in [1.165, 1.54) is 70.7 Å². The molecule has 2 amide bonds. The first-order chi connectivity index (χ1) is 21.0. The molecule has 0 saturated carbocycles. The number of ether oxygens (including phenoxy) is 4. The van der Waals surface area contributed by atoms with E-state index in [9.17, 15) is 18.0 Å². The summed E-state index contributed by atoms with van der Waals surface area (Å²) in [6.07, 6.45) is 0.221. The highest BCUT2D eigenvalue weighted by atomic mass is 35.5. The Bertz CT molecular complexity index is 1580. The highest BCUT2D eigenvalue weighted by Crippen LogP contribution is 2.38. The second-order valence-corrected chi connectivity index (χ2v) is 12.0. The fourth-order valence-electron chi connectivity index (χ4n) is 4.55. The van der Waals surface area contributed by atoms with Crippen molar-refractivity contribution < 1.29 is 37.0 Å². The van der Waals surface area contributed by atoms with Crippen molar-refractivity contribution in [1.29, 1.82) is 0 Å². The summed E-state index contributed by atoms with van der Waals surface area (Å²) in [5, 5.41) is 3.14. The molecule has 0 fully saturated rings. The molecule has 3 aromatic rings. The molecule has 1 atom stereocenters. The van der Waals surface area contributed by atoms with Crippen LogP contribution in [0.15, 0.2) is 59.5 Å². The van der Waals surface area contributed by atoms with Crippen LogP contribution in [0.25, 0.3) is 0 Å². The maximum Gasteiger partial charge on any atom is 0.265 e. The fourth-order valence-corrected chi connectivity index (χ4v) is 6.50. The van der Waals surface area contributed by atoms with Gasteiger partial charge in [-0.25, -0.2) is 8.42 Å². The Kier molecular flexibility index (Phi) is 12.0. The van der Waals surface area contributed by atoms with Crippen LogP contribution in [0.4, 0.5) is 5.69 Å². The lowest BCUT2D eigenvalue weighted by Crippen LogP contribution is -2.51. The Balaban J connectivity index is 2.23. The molecule has 0 aromatic heterocycles. The number of likely N-dealkylation sites (N-methyl/N-ethyl adjacent to an activating group) is 1. The van der Waals surface area contributed by atoms with Gasteiger partial charge in [-0.1, -0.05) is 36.2 Å². The quantitative estimate of drug-likeness (QED) is 0.261. The predicted molar refractivity (Wildman–Crippen MR) is 169 cm³/mol. The maximum absolute atomic E-state index is 14.4. The lowest BCUT2D eigenvalue weighted by molar-refractivity contribution is -0.140. The molecule has 11 nitrogen and oxygen atoms in total. The third kappa shape index (κ3) is 7.43. The topological polar surface area (TPSA) is 124 Å². The van der Waals surface area contributed by atoms with E-state index in [1.807, 2.05) is 0 Å². The van der Waals surface area contributed by atoms with E-state index in [0.717, 1.165) is 4.31 Å². The minimum absolute atomic E-state index is 0.0266. The minimum Gasteiger partial charge on any atom is -0.497 e. The standard InChI is InChI=1S/C30H35Cl2N3O8S/c1-7-24(30(37)33-2)34(17-21-22(31)9-8-10-23(21)32)29(36)18-35(25-15-19(40-3)11-13-26(25)41-4)44(38,39)20-12-14-27(42-5)28(16-20)43-6/h8-16,24H,7,17-18H2,1-6H3,(H,33,37)/t24-/m0/s1. The Morgan fingerprint density at radius 1 is 0.864 bits per heavy atom. The van der Waals surface area contributed by atoms with Gasteiger partial charge in [0.25, 0.3) is 10.0 Å². The average Bonchev–Trinajstić information content (AvgIpc) is 3.03. The van der Waals surface area contributed by atoms with Crippen molar-refractivity contribution in [2.24, 2.45) is 0 Å². The number of anilines is 1. The van der Waals surface area contributed by atoms with E-state index in [4.69, 9.17) is 42.1 Å². The molecule has 14 heteroatoms. The second kappa shape index (κ2) is 15.2. The maximum atomic E-state index is 14.4. The summed E-state index contributed by atoms with van der Waals surface area (Å²) in [5.41, 5.74) is 0.429. The monoisotopic (exact) mass is 667 g/mol. The summed E-state index contributed by atoms with van der Waals surface area (Å²) < 4.78 is 51.1. The zero-order valence-corrected chi connectivity index (χ0v) is 27.5. The van der Waals surface area contributed by atoms with Gasteiger partial charge in [0.15, 0.2) is 11.5 Å². The van der Waals surface area contributed by atoms with E-state index < -0.39 is 34.4 Å². The van der Waals surface area contributed by atoms with Gasteiger partial charge in [0.1, 0.15) is 24.1 Å². The van der Waals surface area contributed by atoms with E-state index in [2.05, 4.69) is 5.32 Å². The number of nitrogens with one attached hydrogen (secondary N) is 1. The molecule has 0 unspecified atom stereocenters. The van der Waals surface area contributed by atoms with Crippen LogP contribution < -0.4 is 28.6 Å². The average molecular weight is 669 g/mol. The molecule has 0 saturated heterocycles. The summed E-state index contributed by atoms with van der Waals surface area (Å²) in [6, 6.07) is 12.5. The Hall–Kier alpha value is -3.87. The number of carbonyl (C=O) groups is 2. The molecule has 3 rings (SSSR count). The van der Waals surface area contributed by atoms with Crippen molar-refractivity contribution >= 4 is 50.7 Å². The van der Waals surface area contributed by atoms with Crippen molar-refractivity contribution in [2.45, 2.75) is 30.8 Å². The molecule has 0 aliphatic carbocycles. The summed E-state index contributed by atoms with van der Waals surface area (Å²) >= 11 is 12.9. The molecule has 44 heavy (non-hydrogen) atoms. The van der Waals surface area contributed by atoms with Crippen molar-refractivity contribution in [3.8, 4) is 23.0 Å². The molecule has 0 aliphatic rings. The van der Waals surface area contributed by atoms with Crippen molar-refractivity contribution in [2.75, 3.05) is 46.3 Å². The second-order valence-electron chi connectivity index (χ2n) is 9.33. The number of rotatable bonds is 14. The smallest absolute Gasteiger partial charge is 0.265 e. The zero-order valence-electron chi connectivity index (χ0n) is 25.2. The lowest BCUT2D eigenvalue weighted by atomic mass is 10.1. The number of sulfonamides is 1. The van der Waals surface area contributed by atoms with Gasteiger partial charge >= 0.3 is 0 Å². The molecular weight excluding hydrogens is 633 g/mol. The summed E-state index contributed by atoms with van der Waals surface area (Å²) in [5.74, 6) is -0.202. The molecular formula is C30H35Cl2N3O8S. The van der Waals surface area contributed by atoms with Gasteiger partial charge in [-0.05, 0) is 42.8 Å². The Labute approximate surface area is 267 Å². The first-order valence-corrected chi connectivity index (χ1v) is 15.6. The van der Waals surface area contributed by atoms with Crippen LogP contribution in [0.5, 0.6) is 23.0 Å².